The molecule has 0 atom stereocenters. The van der Waals surface area contributed by atoms with Gasteiger partial charge in [-0.2, -0.15) is 0 Å². The van der Waals surface area contributed by atoms with Crippen molar-refractivity contribution in [3.05, 3.63) is 60.8 Å². The Morgan fingerprint density at radius 3 is 1.72 bits per heavy atom. The SMILES string of the molecule is CC/C=C\C/C=C\C/C=C\C/C=C\C/C=C\CCCCOCC(=O)O. The lowest BCUT2D eigenvalue weighted by molar-refractivity contribution is -0.142. The largest absolute Gasteiger partial charge is 0.480 e. The summed E-state index contributed by atoms with van der Waals surface area (Å²) < 4.78 is 4.98. The van der Waals surface area contributed by atoms with E-state index in [0.717, 1.165) is 51.4 Å². The van der Waals surface area contributed by atoms with Crippen molar-refractivity contribution in [1.82, 2.24) is 0 Å². The highest BCUT2D eigenvalue weighted by Crippen LogP contribution is 1.99. The van der Waals surface area contributed by atoms with E-state index in [0.29, 0.717) is 6.61 Å². The highest BCUT2D eigenvalue weighted by molar-refractivity contribution is 5.67. The van der Waals surface area contributed by atoms with Gasteiger partial charge in [0.25, 0.3) is 0 Å². The first kappa shape index (κ1) is 23.1. The van der Waals surface area contributed by atoms with Crippen molar-refractivity contribution in [1.29, 1.82) is 0 Å². The van der Waals surface area contributed by atoms with Crippen molar-refractivity contribution in [2.24, 2.45) is 0 Å². The number of ether oxygens (including phenoxy) is 1. The van der Waals surface area contributed by atoms with Crippen LogP contribution >= 0.6 is 0 Å². The van der Waals surface area contributed by atoms with Crippen LogP contribution in [0, 0.1) is 0 Å². The van der Waals surface area contributed by atoms with Gasteiger partial charge in [-0.15, -0.1) is 0 Å². The molecule has 0 fully saturated rings. The van der Waals surface area contributed by atoms with Crippen LogP contribution in [-0.2, 0) is 9.53 Å². The highest BCUT2D eigenvalue weighted by Gasteiger charge is 1.94. The summed E-state index contributed by atoms with van der Waals surface area (Å²) in [5, 5.41) is 8.41. The van der Waals surface area contributed by atoms with Gasteiger partial charge in [0.1, 0.15) is 6.61 Å². The number of hydrogen-bond acceptors (Lipinski definition) is 2. The van der Waals surface area contributed by atoms with Crippen molar-refractivity contribution in [3.8, 4) is 0 Å². The molecule has 140 valence electrons. The van der Waals surface area contributed by atoms with Gasteiger partial charge in [0.2, 0.25) is 0 Å². The number of rotatable bonds is 16. The van der Waals surface area contributed by atoms with E-state index in [1.54, 1.807) is 0 Å². The first-order valence-electron chi connectivity index (χ1n) is 9.31. The van der Waals surface area contributed by atoms with E-state index in [9.17, 15) is 4.79 Å². The first-order valence-corrected chi connectivity index (χ1v) is 9.31. The Kier molecular flexibility index (Phi) is 18.7. The Labute approximate surface area is 153 Å². The number of carbonyl (C=O) groups is 1. The molecule has 3 nitrogen and oxygen atoms in total. The van der Waals surface area contributed by atoms with Gasteiger partial charge in [0.15, 0.2) is 0 Å². The molecule has 0 aliphatic rings. The van der Waals surface area contributed by atoms with Crippen LogP contribution in [0.25, 0.3) is 0 Å². The fourth-order valence-electron chi connectivity index (χ4n) is 1.99. The minimum absolute atomic E-state index is 0.193. The third kappa shape index (κ3) is 22.1. The minimum atomic E-state index is -0.905. The molecule has 0 heterocycles. The second kappa shape index (κ2) is 20.2. The van der Waals surface area contributed by atoms with Crippen LogP contribution in [0.3, 0.4) is 0 Å². The van der Waals surface area contributed by atoms with Gasteiger partial charge in [-0.3, -0.25) is 0 Å². The van der Waals surface area contributed by atoms with Gasteiger partial charge in [-0.25, -0.2) is 4.79 Å². The Bertz CT molecular complexity index is 442. The van der Waals surface area contributed by atoms with Crippen molar-refractivity contribution in [3.63, 3.8) is 0 Å². The van der Waals surface area contributed by atoms with Gasteiger partial charge < -0.3 is 9.84 Å². The van der Waals surface area contributed by atoms with Crippen molar-refractivity contribution < 1.29 is 14.6 Å². The van der Waals surface area contributed by atoms with Crippen LogP contribution in [0.15, 0.2) is 60.8 Å². The molecule has 0 rings (SSSR count). The van der Waals surface area contributed by atoms with Crippen LogP contribution in [0.1, 0.15) is 58.3 Å². The fraction of sp³-hybridized carbons (Fsp3) is 0.500. The molecule has 3 heteroatoms. The normalized spacial score (nSPS) is 12.7. The zero-order chi connectivity index (χ0) is 18.4. The third-order valence-corrected chi connectivity index (χ3v) is 3.29. The lowest BCUT2D eigenvalue weighted by atomic mass is 10.2. The lowest BCUT2D eigenvalue weighted by Gasteiger charge is -1.99. The summed E-state index contributed by atoms with van der Waals surface area (Å²) in [5.74, 6) is -0.905. The van der Waals surface area contributed by atoms with Crippen LogP contribution in [-0.4, -0.2) is 24.3 Å². The molecule has 0 aliphatic heterocycles. The zero-order valence-corrected chi connectivity index (χ0v) is 15.6. The van der Waals surface area contributed by atoms with Crippen LogP contribution in [0.5, 0.6) is 0 Å². The van der Waals surface area contributed by atoms with E-state index in [1.165, 1.54) is 0 Å². The highest BCUT2D eigenvalue weighted by atomic mass is 16.5. The molecule has 1 N–H and O–H groups in total. The quantitative estimate of drug-likeness (QED) is 0.275. The van der Waals surface area contributed by atoms with E-state index in [-0.39, 0.29) is 6.61 Å². The Hall–Kier alpha value is -1.87. The second-order valence-corrected chi connectivity index (χ2v) is 5.65. The van der Waals surface area contributed by atoms with Crippen LogP contribution in [0.2, 0.25) is 0 Å². The average Bonchev–Trinajstić information content (AvgIpc) is 2.60. The monoisotopic (exact) mass is 346 g/mol. The number of carboxylic acid groups (broad SMARTS) is 1. The summed E-state index contributed by atoms with van der Waals surface area (Å²) in [6.07, 6.45) is 30.0. The maximum atomic E-state index is 10.2. The molecular formula is C22H34O3. The van der Waals surface area contributed by atoms with E-state index in [4.69, 9.17) is 9.84 Å². The minimum Gasteiger partial charge on any atom is -0.480 e. The predicted molar refractivity (Wildman–Crippen MR) is 107 cm³/mol. The summed E-state index contributed by atoms with van der Waals surface area (Å²) in [6, 6.07) is 0. The summed E-state index contributed by atoms with van der Waals surface area (Å²) in [5.41, 5.74) is 0. The number of allylic oxidation sites excluding steroid dienone is 10. The summed E-state index contributed by atoms with van der Waals surface area (Å²) in [4.78, 5) is 10.2. The Morgan fingerprint density at radius 1 is 0.760 bits per heavy atom. The van der Waals surface area contributed by atoms with E-state index in [1.807, 2.05) is 0 Å². The third-order valence-electron chi connectivity index (χ3n) is 3.29. The molecule has 0 aromatic carbocycles. The lowest BCUT2D eigenvalue weighted by Crippen LogP contribution is -2.07. The van der Waals surface area contributed by atoms with Crippen molar-refractivity contribution >= 4 is 5.97 Å². The predicted octanol–water partition coefficient (Wildman–Crippen LogP) is 6.01. The molecule has 0 saturated heterocycles. The fourth-order valence-corrected chi connectivity index (χ4v) is 1.99. The molecule has 0 bridgehead atoms. The Balaban J connectivity index is 3.40. The van der Waals surface area contributed by atoms with Crippen molar-refractivity contribution in [2.75, 3.05) is 13.2 Å². The first-order chi connectivity index (χ1) is 12.3. The molecule has 0 spiro atoms. The molecule has 0 aromatic heterocycles. The molecule has 25 heavy (non-hydrogen) atoms. The van der Waals surface area contributed by atoms with E-state index >= 15 is 0 Å². The van der Waals surface area contributed by atoms with Gasteiger partial charge in [-0.05, 0) is 51.4 Å². The van der Waals surface area contributed by atoms with E-state index < -0.39 is 5.97 Å². The number of carboxylic acids is 1. The molecule has 0 aliphatic carbocycles. The molecule has 0 unspecified atom stereocenters. The topological polar surface area (TPSA) is 46.5 Å². The Morgan fingerprint density at radius 2 is 1.24 bits per heavy atom. The maximum absolute atomic E-state index is 10.2. The number of hydrogen-bond donors (Lipinski definition) is 1. The summed E-state index contributed by atoms with van der Waals surface area (Å²) in [6.45, 7) is 2.48. The van der Waals surface area contributed by atoms with Gasteiger partial charge in [-0.1, -0.05) is 67.7 Å². The van der Waals surface area contributed by atoms with Gasteiger partial charge >= 0.3 is 5.97 Å². The summed E-state index contributed by atoms with van der Waals surface area (Å²) >= 11 is 0. The molecule has 0 radical (unpaired) electrons. The number of aliphatic carboxylic acids is 1. The number of unbranched alkanes of at least 4 members (excludes halogenated alkanes) is 2. The standard InChI is InChI=1S/C22H34O3/c1-2-3-4-5-6-7-8-9-10-11-12-13-14-15-16-17-18-19-20-25-21-22(23)24/h3-4,6-7,9-10,12-13,15-16H,2,5,8,11,14,17-21H2,1H3,(H,23,24)/b4-3-,7-6-,10-9-,13-12-,16-15-. The zero-order valence-electron chi connectivity index (χ0n) is 15.6. The average molecular weight is 347 g/mol. The smallest absolute Gasteiger partial charge is 0.329 e. The van der Waals surface area contributed by atoms with E-state index in [2.05, 4.69) is 67.7 Å². The van der Waals surface area contributed by atoms with Crippen LogP contribution < -0.4 is 0 Å². The van der Waals surface area contributed by atoms with Crippen molar-refractivity contribution in [2.45, 2.75) is 58.3 Å². The maximum Gasteiger partial charge on any atom is 0.329 e. The second-order valence-electron chi connectivity index (χ2n) is 5.65. The molecular weight excluding hydrogens is 312 g/mol. The van der Waals surface area contributed by atoms with Gasteiger partial charge in [0.05, 0.1) is 0 Å². The molecule has 0 amide bonds. The summed E-state index contributed by atoms with van der Waals surface area (Å²) in [7, 11) is 0. The van der Waals surface area contributed by atoms with Gasteiger partial charge in [0, 0.05) is 6.61 Å². The molecule has 0 saturated carbocycles. The molecule has 0 aromatic rings. The van der Waals surface area contributed by atoms with Crippen LogP contribution in [0.4, 0.5) is 0 Å².